The average Bonchev–Trinajstić information content (AvgIpc) is 2.28. The van der Waals surface area contributed by atoms with Gasteiger partial charge in [-0.3, -0.25) is 0 Å². The molecule has 0 aromatic heterocycles. The summed E-state index contributed by atoms with van der Waals surface area (Å²) in [7, 11) is 0. The molecular formula is C13H15F2N. The summed E-state index contributed by atoms with van der Waals surface area (Å²) in [6.45, 7) is 0. The van der Waals surface area contributed by atoms with E-state index in [4.69, 9.17) is 5.73 Å². The van der Waals surface area contributed by atoms with Crippen molar-refractivity contribution in [3.63, 3.8) is 0 Å². The van der Waals surface area contributed by atoms with Crippen molar-refractivity contribution in [3.8, 4) is 0 Å². The van der Waals surface area contributed by atoms with Crippen LogP contribution in [-0.4, -0.2) is 6.04 Å². The topological polar surface area (TPSA) is 26.0 Å². The second kappa shape index (κ2) is 4.74. The van der Waals surface area contributed by atoms with Crippen LogP contribution in [0.5, 0.6) is 0 Å². The van der Waals surface area contributed by atoms with Crippen LogP contribution < -0.4 is 5.73 Å². The van der Waals surface area contributed by atoms with Gasteiger partial charge in [-0.05, 0) is 37.3 Å². The van der Waals surface area contributed by atoms with Gasteiger partial charge in [-0.1, -0.05) is 23.8 Å². The van der Waals surface area contributed by atoms with Crippen LogP contribution >= 0.6 is 0 Å². The number of allylic oxidation sites excluding steroid dienone is 1. The molecule has 2 N–H and O–H groups in total. The summed E-state index contributed by atoms with van der Waals surface area (Å²) in [4.78, 5) is 0. The van der Waals surface area contributed by atoms with E-state index in [1.807, 2.05) is 0 Å². The average molecular weight is 223 g/mol. The zero-order valence-electron chi connectivity index (χ0n) is 9.05. The first kappa shape index (κ1) is 11.3. The largest absolute Gasteiger partial charge is 0.327 e. The van der Waals surface area contributed by atoms with E-state index in [0.717, 1.165) is 30.9 Å². The lowest BCUT2D eigenvalue weighted by Crippen LogP contribution is -2.22. The molecule has 0 aliphatic heterocycles. The number of benzene rings is 1. The third-order valence-corrected chi connectivity index (χ3v) is 2.99. The first-order valence-electron chi connectivity index (χ1n) is 5.53. The molecule has 0 radical (unpaired) electrons. The van der Waals surface area contributed by atoms with Crippen molar-refractivity contribution in [2.45, 2.75) is 31.7 Å². The fourth-order valence-corrected chi connectivity index (χ4v) is 2.00. The number of halogens is 2. The molecule has 3 heteroatoms. The van der Waals surface area contributed by atoms with Gasteiger partial charge in [0.05, 0.1) is 0 Å². The third-order valence-electron chi connectivity index (χ3n) is 2.99. The lowest BCUT2D eigenvalue weighted by atomic mass is 9.91. The van der Waals surface area contributed by atoms with Gasteiger partial charge in [0.15, 0.2) is 11.6 Å². The van der Waals surface area contributed by atoms with Gasteiger partial charge in [0, 0.05) is 6.04 Å². The molecule has 0 spiro atoms. The van der Waals surface area contributed by atoms with E-state index in [-0.39, 0.29) is 6.04 Å². The minimum absolute atomic E-state index is 0.223. The van der Waals surface area contributed by atoms with Crippen LogP contribution in [0.2, 0.25) is 0 Å². The highest BCUT2D eigenvalue weighted by molar-refractivity contribution is 5.25. The van der Waals surface area contributed by atoms with Crippen LogP contribution in [0.3, 0.4) is 0 Å². The Morgan fingerprint density at radius 1 is 1.31 bits per heavy atom. The Bertz CT molecular complexity index is 412. The van der Waals surface area contributed by atoms with Gasteiger partial charge in [-0.15, -0.1) is 0 Å². The van der Waals surface area contributed by atoms with Crippen molar-refractivity contribution in [1.29, 1.82) is 0 Å². The van der Waals surface area contributed by atoms with Gasteiger partial charge in [-0.25, -0.2) is 8.78 Å². The summed E-state index contributed by atoms with van der Waals surface area (Å²) < 4.78 is 26.4. The highest BCUT2D eigenvalue weighted by atomic mass is 19.2. The minimum Gasteiger partial charge on any atom is -0.327 e. The molecule has 0 saturated heterocycles. The van der Waals surface area contributed by atoms with Crippen LogP contribution in [0.1, 0.15) is 24.8 Å². The summed E-state index contributed by atoms with van der Waals surface area (Å²) >= 11 is 0. The van der Waals surface area contributed by atoms with Gasteiger partial charge in [-0.2, -0.15) is 0 Å². The number of rotatable bonds is 2. The quantitative estimate of drug-likeness (QED) is 0.766. The monoisotopic (exact) mass is 223 g/mol. The molecule has 1 atom stereocenters. The van der Waals surface area contributed by atoms with Crippen LogP contribution in [0, 0.1) is 11.6 Å². The van der Waals surface area contributed by atoms with Crippen molar-refractivity contribution in [2.24, 2.45) is 5.73 Å². The van der Waals surface area contributed by atoms with E-state index in [9.17, 15) is 8.78 Å². The van der Waals surface area contributed by atoms with Gasteiger partial charge < -0.3 is 5.73 Å². The highest BCUT2D eigenvalue weighted by Gasteiger charge is 2.13. The molecule has 16 heavy (non-hydrogen) atoms. The van der Waals surface area contributed by atoms with E-state index in [1.54, 1.807) is 12.1 Å². The zero-order valence-corrected chi connectivity index (χ0v) is 9.05. The Kier molecular flexibility index (Phi) is 3.34. The number of hydrogen-bond acceptors (Lipinski definition) is 1. The molecule has 0 amide bonds. The molecule has 1 nitrogen and oxygen atoms in total. The van der Waals surface area contributed by atoms with E-state index >= 15 is 0 Å². The molecule has 86 valence electrons. The van der Waals surface area contributed by atoms with E-state index in [0.29, 0.717) is 12.0 Å². The third kappa shape index (κ3) is 2.47. The van der Waals surface area contributed by atoms with Crippen LogP contribution in [0.25, 0.3) is 0 Å². The molecular weight excluding hydrogens is 208 g/mol. The minimum atomic E-state index is -0.773. The van der Waals surface area contributed by atoms with Crippen LogP contribution in [-0.2, 0) is 6.42 Å². The zero-order chi connectivity index (χ0) is 11.5. The Hall–Kier alpha value is -1.22. The van der Waals surface area contributed by atoms with Crippen LogP contribution in [0.4, 0.5) is 8.78 Å². The Balaban J connectivity index is 2.12. The predicted molar refractivity (Wildman–Crippen MR) is 60.0 cm³/mol. The first-order chi connectivity index (χ1) is 7.66. The Morgan fingerprint density at radius 3 is 2.81 bits per heavy atom. The molecule has 1 aromatic carbocycles. The molecule has 0 fully saturated rings. The van der Waals surface area contributed by atoms with Crippen molar-refractivity contribution >= 4 is 0 Å². The smallest absolute Gasteiger partial charge is 0.162 e. The number of hydrogen-bond donors (Lipinski definition) is 1. The summed E-state index contributed by atoms with van der Waals surface area (Å²) in [5, 5.41) is 0. The van der Waals surface area contributed by atoms with Gasteiger partial charge >= 0.3 is 0 Å². The molecule has 1 aliphatic rings. The standard InChI is InChI=1S/C13H15F2N/c14-12-3-1-2-10(13(12)15)8-9-4-6-11(16)7-5-9/h1-4,11H,5-8,16H2. The fourth-order valence-electron chi connectivity index (χ4n) is 2.00. The summed E-state index contributed by atoms with van der Waals surface area (Å²) in [5.41, 5.74) is 7.36. The Labute approximate surface area is 94.0 Å². The molecule has 0 saturated carbocycles. The molecule has 0 bridgehead atoms. The van der Waals surface area contributed by atoms with Crippen molar-refractivity contribution in [1.82, 2.24) is 0 Å². The SMILES string of the molecule is NC1CC=C(Cc2cccc(F)c2F)CC1. The maximum Gasteiger partial charge on any atom is 0.162 e. The highest BCUT2D eigenvalue weighted by Crippen LogP contribution is 2.22. The fraction of sp³-hybridized carbons (Fsp3) is 0.385. The maximum atomic E-state index is 13.4. The normalized spacial score (nSPS) is 20.7. The second-order valence-electron chi connectivity index (χ2n) is 4.29. The van der Waals surface area contributed by atoms with E-state index in [2.05, 4.69) is 6.08 Å². The maximum absolute atomic E-state index is 13.4. The lowest BCUT2D eigenvalue weighted by Gasteiger charge is -2.18. The van der Waals surface area contributed by atoms with Crippen LogP contribution in [0.15, 0.2) is 29.8 Å². The first-order valence-corrected chi connectivity index (χ1v) is 5.53. The van der Waals surface area contributed by atoms with Gasteiger partial charge in [0.1, 0.15) is 0 Å². The van der Waals surface area contributed by atoms with Crippen molar-refractivity contribution in [2.75, 3.05) is 0 Å². The number of nitrogens with two attached hydrogens (primary N) is 1. The molecule has 1 aromatic rings. The van der Waals surface area contributed by atoms with E-state index < -0.39 is 11.6 Å². The summed E-state index contributed by atoms with van der Waals surface area (Å²) in [6.07, 6.45) is 5.21. The predicted octanol–water partition coefficient (Wildman–Crippen LogP) is 2.94. The lowest BCUT2D eigenvalue weighted by molar-refractivity contribution is 0.498. The second-order valence-corrected chi connectivity index (χ2v) is 4.29. The molecule has 1 aliphatic carbocycles. The van der Waals surface area contributed by atoms with Gasteiger partial charge in [0.2, 0.25) is 0 Å². The molecule has 2 rings (SSSR count). The van der Waals surface area contributed by atoms with Crippen molar-refractivity contribution in [3.05, 3.63) is 47.0 Å². The van der Waals surface area contributed by atoms with Crippen molar-refractivity contribution < 1.29 is 8.78 Å². The summed E-state index contributed by atoms with van der Waals surface area (Å²) in [6, 6.07) is 4.54. The Morgan fingerprint density at radius 2 is 2.12 bits per heavy atom. The van der Waals surface area contributed by atoms with Gasteiger partial charge in [0.25, 0.3) is 0 Å². The molecule has 0 heterocycles. The summed E-state index contributed by atoms with van der Waals surface area (Å²) in [5.74, 6) is -1.50. The van der Waals surface area contributed by atoms with E-state index in [1.165, 1.54) is 0 Å². The molecule has 1 unspecified atom stereocenters.